The molecular weight excluding hydrogens is 294 g/mol. The van der Waals surface area contributed by atoms with Crippen LogP contribution < -0.4 is 0 Å². The quantitative estimate of drug-likeness (QED) is 0.708. The molecule has 1 aromatic carbocycles. The molecule has 122 valence electrons. The molecule has 23 heavy (non-hydrogen) atoms. The average Bonchev–Trinajstić information content (AvgIpc) is 3.10. The lowest BCUT2D eigenvalue weighted by molar-refractivity contribution is 0.0888. The van der Waals surface area contributed by atoms with E-state index in [9.17, 15) is 4.79 Å². The van der Waals surface area contributed by atoms with Crippen molar-refractivity contribution in [3.8, 4) is 0 Å². The van der Waals surface area contributed by atoms with E-state index in [1.54, 1.807) is 12.5 Å². The number of rotatable bonds is 2. The van der Waals surface area contributed by atoms with Gasteiger partial charge < -0.3 is 20.1 Å². The summed E-state index contributed by atoms with van der Waals surface area (Å²) < 4.78 is 4.18. The van der Waals surface area contributed by atoms with E-state index in [1.165, 1.54) is 5.69 Å². The number of carbonyl (C=O) groups is 1. The Balaban J connectivity index is 0.000000960. The molecule has 0 bridgehead atoms. The smallest absolute Gasteiger partial charge is 0.170 e. The van der Waals surface area contributed by atoms with Gasteiger partial charge in [0, 0.05) is 54.1 Å². The maximum absolute atomic E-state index is 12.9. The van der Waals surface area contributed by atoms with Gasteiger partial charge in [0.25, 0.3) is 0 Å². The Hall–Kier alpha value is -2.44. The Kier molecular flexibility index (Phi) is 4.68. The molecule has 1 unspecified atom stereocenters. The van der Waals surface area contributed by atoms with E-state index in [2.05, 4.69) is 28.7 Å². The summed E-state index contributed by atoms with van der Waals surface area (Å²) in [7, 11) is 2.06. The van der Waals surface area contributed by atoms with Gasteiger partial charge in [-0.05, 0) is 18.9 Å². The molecule has 6 nitrogen and oxygen atoms in total. The summed E-state index contributed by atoms with van der Waals surface area (Å²) >= 11 is 0. The van der Waals surface area contributed by atoms with Crippen LogP contribution in [0.1, 0.15) is 22.5 Å². The summed E-state index contributed by atoms with van der Waals surface area (Å²) in [5.74, 6) is 0.333. The zero-order valence-corrected chi connectivity index (χ0v) is 13.0. The van der Waals surface area contributed by atoms with Crippen LogP contribution in [0.3, 0.4) is 0 Å². The number of aryl methyl sites for hydroxylation is 1. The Labute approximate surface area is 134 Å². The zero-order valence-electron chi connectivity index (χ0n) is 13.0. The number of ketones is 1. The number of imidazole rings is 1. The first-order valence-corrected chi connectivity index (χ1v) is 7.32. The van der Waals surface area contributed by atoms with Crippen LogP contribution >= 0.6 is 0 Å². The lowest BCUT2D eigenvalue weighted by atomic mass is 9.85. The van der Waals surface area contributed by atoms with Gasteiger partial charge in [0.2, 0.25) is 0 Å². The maximum atomic E-state index is 12.9. The highest BCUT2D eigenvalue weighted by Crippen LogP contribution is 2.34. The number of hydrogen-bond donors (Lipinski definition) is 0. The summed E-state index contributed by atoms with van der Waals surface area (Å²) in [6, 6.07) is 8.19. The van der Waals surface area contributed by atoms with Gasteiger partial charge in [0.1, 0.15) is 0 Å². The van der Waals surface area contributed by atoms with Gasteiger partial charge in [-0.3, -0.25) is 4.79 Å². The summed E-state index contributed by atoms with van der Waals surface area (Å²) in [4.78, 5) is 17.0. The molecule has 0 saturated heterocycles. The number of para-hydroxylation sites is 1. The third-order valence-electron chi connectivity index (χ3n) is 4.57. The lowest BCUT2D eigenvalue weighted by Gasteiger charge is -2.22. The molecule has 0 spiro atoms. The van der Waals surface area contributed by atoms with Crippen LogP contribution in [0, 0.1) is 5.92 Å². The highest BCUT2D eigenvalue weighted by Gasteiger charge is 2.31. The molecule has 2 heterocycles. The topological polar surface area (TPSA) is 103 Å². The van der Waals surface area contributed by atoms with Crippen molar-refractivity contribution in [3.05, 3.63) is 54.2 Å². The molecule has 6 heteroatoms. The van der Waals surface area contributed by atoms with Crippen LogP contribution in [0.4, 0.5) is 0 Å². The summed E-state index contributed by atoms with van der Waals surface area (Å²) in [5, 5.41) is 1.09. The van der Waals surface area contributed by atoms with Gasteiger partial charge in [-0.1, -0.05) is 18.2 Å². The molecule has 2 aromatic heterocycles. The molecule has 4 N–H and O–H groups in total. The van der Waals surface area contributed by atoms with Crippen molar-refractivity contribution in [2.45, 2.75) is 19.4 Å². The number of Topliss-reactive ketones (excluding diaryl/α,β-unsaturated/α-hetero) is 1. The highest BCUT2D eigenvalue weighted by molar-refractivity contribution is 6.11. The highest BCUT2D eigenvalue weighted by atomic mass is 16.1. The van der Waals surface area contributed by atoms with Crippen LogP contribution in [-0.2, 0) is 20.0 Å². The number of benzene rings is 1. The second-order valence-electron chi connectivity index (χ2n) is 5.76. The molecule has 1 aliphatic rings. The van der Waals surface area contributed by atoms with E-state index in [4.69, 9.17) is 0 Å². The van der Waals surface area contributed by atoms with Crippen LogP contribution in [0.5, 0.6) is 0 Å². The van der Waals surface area contributed by atoms with Crippen molar-refractivity contribution < 1.29 is 15.7 Å². The SMILES string of the molecule is Cn1c2c(c3ccccc31)C(=O)C(Cn1ccnc1)CC2.O.O. The van der Waals surface area contributed by atoms with Gasteiger partial charge in [-0.25, -0.2) is 4.98 Å². The van der Waals surface area contributed by atoms with Crippen LogP contribution in [0.15, 0.2) is 43.0 Å². The Morgan fingerprint density at radius 3 is 2.78 bits per heavy atom. The second kappa shape index (κ2) is 6.36. The van der Waals surface area contributed by atoms with Gasteiger partial charge in [-0.15, -0.1) is 0 Å². The first kappa shape index (κ1) is 16.9. The third kappa shape index (κ3) is 2.56. The molecule has 0 saturated carbocycles. The summed E-state index contributed by atoms with van der Waals surface area (Å²) in [6.45, 7) is 0.724. The molecule has 0 fully saturated rings. The lowest BCUT2D eigenvalue weighted by Crippen LogP contribution is -2.26. The van der Waals surface area contributed by atoms with Gasteiger partial charge in [0.05, 0.1) is 6.33 Å². The van der Waals surface area contributed by atoms with Crippen LogP contribution in [0.2, 0.25) is 0 Å². The van der Waals surface area contributed by atoms with Crippen LogP contribution in [0.25, 0.3) is 10.9 Å². The minimum Gasteiger partial charge on any atom is -0.412 e. The van der Waals surface area contributed by atoms with Crippen molar-refractivity contribution in [1.29, 1.82) is 0 Å². The Morgan fingerprint density at radius 2 is 2.04 bits per heavy atom. The number of aromatic nitrogens is 3. The molecule has 0 radical (unpaired) electrons. The standard InChI is InChI=1S/C17H17N3O.2H2O/c1-19-14-5-3-2-4-13(14)16-15(19)7-6-12(17(16)21)10-20-9-8-18-11-20;;/h2-5,8-9,11-12H,6-7,10H2,1H3;2*1H2. The number of fused-ring (bicyclic) bond motifs is 3. The summed E-state index contributed by atoms with van der Waals surface area (Å²) in [6.07, 6.45) is 7.34. The van der Waals surface area contributed by atoms with Crippen molar-refractivity contribution >= 4 is 16.7 Å². The van der Waals surface area contributed by atoms with E-state index in [-0.39, 0.29) is 22.7 Å². The number of hydrogen-bond acceptors (Lipinski definition) is 2. The fraction of sp³-hybridized carbons (Fsp3) is 0.294. The largest absolute Gasteiger partial charge is 0.412 e. The molecule has 1 aliphatic carbocycles. The fourth-order valence-electron chi connectivity index (χ4n) is 3.48. The number of carbonyl (C=O) groups excluding carboxylic acids is 1. The predicted molar refractivity (Wildman–Crippen MR) is 88.5 cm³/mol. The van der Waals surface area contributed by atoms with Crippen molar-refractivity contribution in [3.63, 3.8) is 0 Å². The molecule has 0 aliphatic heterocycles. The average molecular weight is 315 g/mol. The summed E-state index contributed by atoms with van der Waals surface area (Å²) in [5.41, 5.74) is 3.27. The van der Waals surface area contributed by atoms with Crippen molar-refractivity contribution in [1.82, 2.24) is 14.1 Å². The fourth-order valence-corrected chi connectivity index (χ4v) is 3.48. The minimum atomic E-state index is 0. The second-order valence-corrected chi connectivity index (χ2v) is 5.76. The first-order chi connectivity index (χ1) is 10.3. The monoisotopic (exact) mass is 315 g/mol. The normalized spacial score (nSPS) is 16.6. The first-order valence-electron chi connectivity index (χ1n) is 7.32. The maximum Gasteiger partial charge on any atom is 0.170 e. The van der Waals surface area contributed by atoms with Gasteiger partial charge in [-0.2, -0.15) is 0 Å². The Bertz CT molecular complexity index is 821. The Morgan fingerprint density at radius 1 is 1.26 bits per heavy atom. The molecule has 1 atom stereocenters. The third-order valence-corrected chi connectivity index (χ3v) is 4.57. The van der Waals surface area contributed by atoms with Crippen molar-refractivity contribution in [2.24, 2.45) is 13.0 Å². The van der Waals surface area contributed by atoms with E-state index in [1.807, 2.05) is 22.9 Å². The molecular formula is C17H21N3O3. The molecule has 4 rings (SSSR count). The zero-order chi connectivity index (χ0) is 14.4. The van der Waals surface area contributed by atoms with Gasteiger partial charge in [0.15, 0.2) is 5.78 Å². The van der Waals surface area contributed by atoms with Gasteiger partial charge >= 0.3 is 0 Å². The van der Waals surface area contributed by atoms with Crippen LogP contribution in [-0.4, -0.2) is 30.9 Å². The number of nitrogens with zero attached hydrogens (tertiary/aromatic N) is 3. The van der Waals surface area contributed by atoms with E-state index in [0.717, 1.165) is 35.9 Å². The van der Waals surface area contributed by atoms with E-state index in [0.29, 0.717) is 0 Å². The molecule has 3 aromatic rings. The minimum absolute atomic E-state index is 0. The predicted octanol–water partition coefficient (Wildman–Crippen LogP) is 1.17. The van der Waals surface area contributed by atoms with Crippen molar-refractivity contribution in [2.75, 3.05) is 0 Å². The van der Waals surface area contributed by atoms with E-state index < -0.39 is 0 Å². The van der Waals surface area contributed by atoms with E-state index >= 15 is 0 Å². The molecule has 0 amide bonds.